The van der Waals surface area contributed by atoms with Crippen LogP contribution < -0.4 is 16.2 Å². The van der Waals surface area contributed by atoms with Gasteiger partial charge in [0, 0.05) is 23.7 Å². The topological polar surface area (TPSA) is 139 Å². The van der Waals surface area contributed by atoms with Gasteiger partial charge in [0.15, 0.2) is 4.34 Å². The van der Waals surface area contributed by atoms with E-state index in [1.54, 1.807) is 0 Å². The van der Waals surface area contributed by atoms with Crippen molar-refractivity contribution < 1.29 is 14.5 Å². The molecule has 1 aliphatic rings. The van der Waals surface area contributed by atoms with Gasteiger partial charge in [-0.15, -0.1) is 10.2 Å². The van der Waals surface area contributed by atoms with Crippen LogP contribution in [0.2, 0.25) is 0 Å². The number of hydrogen-bond donors (Lipinski definition) is 3. The summed E-state index contributed by atoms with van der Waals surface area (Å²) in [5.41, 5.74) is 4.62. The Labute approximate surface area is 155 Å². The number of hydrogen-bond acceptors (Lipinski definition) is 9. The number of benzene rings is 1. The minimum atomic E-state index is -0.565. The molecule has 0 aliphatic heterocycles. The fourth-order valence-corrected chi connectivity index (χ4v) is 3.45. The summed E-state index contributed by atoms with van der Waals surface area (Å²) in [6.07, 6.45) is 2.28. The number of nitro benzene ring substituents is 1. The third kappa shape index (κ3) is 5.13. The van der Waals surface area contributed by atoms with E-state index >= 15 is 0 Å². The number of nitrogens with zero attached hydrogens (tertiary/aromatic N) is 3. The first-order valence-electron chi connectivity index (χ1n) is 7.58. The molecule has 10 nitrogen and oxygen atoms in total. The minimum Gasteiger partial charge on any atom is -0.357 e. The lowest BCUT2D eigenvalue weighted by Gasteiger charge is -2.06. The van der Waals surface area contributed by atoms with Gasteiger partial charge in [-0.25, -0.2) is 0 Å². The molecule has 26 heavy (non-hydrogen) atoms. The molecule has 1 aromatic heterocycles. The number of hydrazine groups is 1. The first-order valence-corrected chi connectivity index (χ1v) is 9.38. The fraction of sp³-hybridized carbons (Fsp3) is 0.286. The van der Waals surface area contributed by atoms with E-state index in [0.717, 1.165) is 18.0 Å². The van der Waals surface area contributed by atoms with Crippen molar-refractivity contribution in [1.82, 2.24) is 21.0 Å². The number of carbonyl (C=O) groups is 2. The molecule has 0 radical (unpaired) electrons. The van der Waals surface area contributed by atoms with E-state index in [0.29, 0.717) is 10.4 Å². The van der Waals surface area contributed by atoms with Crippen molar-refractivity contribution in [3.8, 4) is 0 Å². The molecule has 1 fully saturated rings. The van der Waals surface area contributed by atoms with Gasteiger partial charge in [0.2, 0.25) is 11.0 Å². The maximum absolute atomic E-state index is 11.9. The highest BCUT2D eigenvalue weighted by molar-refractivity contribution is 8.01. The average Bonchev–Trinajstić information content (AvgIpc) is 3.34. The van der Waals surface area contributed by atoms with Crippen molar-refractivity contribution in [2.45, 2.75) is 23.2 Å². The molecule has 1 aromatic carbocycles. The number of carbonyl (C=O) groups excluding carboxylic acids is 2. The molecule has 2 amide bonds. The Hall–Kier alpha value is -2.73. The van der Waals surface area contributed by atoms with Crippen LogP contribution in [0.15, 0.2) is 28.6 Å². The monoisotopic (exact) mass is 394 g/mol. The van der Waals surface area contributed by atoms with Gasteiger partial charge in [-0.05, 0) is 25.0 Å². The SMILES string of the molecule is O=C(CSc1nnc(NC2CC2)s1)NNC(=O)c1ccc([N+](=O)[O-])cc1. The van der Waals surface area contributed by atoms with Crippen molar-refractivity contribution >= 4 is 45.7 Å². The molecule has 1 heterocycles. The quantitative estimate of drug-likeness (QED) is 0.365. The van der Waals surface area contributed by atoms with Crippen molar-refractivity contribution in [3.63, 3.8) is 0 Å². The van der Waals surface area contributed by atoms with Gasteiger partial charge in [0.05, 0.1) is 10.7 Å². The first kappa shape index (κ1) is 18.1. The van der Waals surface area contributed by atoms with Crippen LogP contribution in [-0.2, 0) is 4.79 Å². The van der Waals surface area contributed by atoms with Gasteiger partial charge in [-0.2, -0.15) is 0 Å². The molecule has 12 heteroatoms. The van der Waals surface area contributed by atoms with Crippen LogP contribution in [0.25, 0.3) is 0 Å². The Balaban J connectivity index is 1.40. The summed E-state index contributed by atoms with van der Waals surface area (Å²) in [6.45, 7) is 0. The normalized spacial score (nSPS) is 13.1. The second-order valence-corrected chi connectivity index (χ2v) is 7.59. The van der Waals surface area contributed by atoms with Gasteiger partial charge in [-0.3, -0.25) is 30.6 Å². The lowest BCUT2D eigenvalue weighted by Crippen LogP contribution is -2.42. The zero-order chi connectivity index (χ0) is 18.5. The summed E-state index contributed by atoms with van der Waals surface area (Å²) in [4.78, 5) is 33.7. The van der Waals surface area contributed by atoms with Crippen LogP contribution in [0, 0.1) is 10.1 Å². The molecule has 0 spiro atoms. The Morgan fingerprint density at radius 1 is 1.23 bits per heavy atom. The second kappa shape index (κ2) is 8.10. The summed E-state index contributed by atoms with van der Waals surface area (Å²) in [7, 11) is 0. The average molecular weight is 394 g/mol. The molecule has 1 saturated carbocycles. The number of nitro groups is 1. The highest BCUT2D eigenvalue weighted by atomic mass is 32.2. The van der Waals surface area contributed by atoms with Crippen LogP contribution in [0.4, 0.5) is 10.8 Å². The van der Waals surface area contributed by atoms with Crippen LogP contribution in [0.5, 0.6) is 0 Å². The molecule has 1 aliphatic carbocycles. The standard InChI is InChI=1S/C14H14N6O4S2/c21-11(7-25-14-19-18-13(26-14)15-9-3-4-9)16-17-12(22)8-1-5-10(6-2-8)20(23)24/h1-2,5-6,9H,3-4,7H2,(H,15,18)(H,16,21)(H,17,22). The predicted octanol–water partition coefficient (Wildman–Crippen LogP) is 1.57. The zero-order valence-electron chi connectivity index (χ0n) is 13.3. The van der Waals surface area contributed by atoms with Gasteiger partial charge in [-0.1, -0.05) is 23.1 Å². The lowest BCUT2D eigenvalue weighted by molar-refractivity contribution is -0.384. The Morgan fingerprint density at radius 3 is 2.62 bits per heavy atom. The lowest BCUT2D eigenvalue weighted by atomic mass is 10.2. The van der Waals surface area contributed by atoms with Crippen LogP contribution in [0.1, 0.15) is 23.2 Å². The van der Waals surface area contributed by atoms with E-state index in [9.17, 15) is 19.7 Å². The number of aromatic nitrogens is 2. The second-order valence-electron chi connectivity index (χ2n) is 5.39. The maximum Gasteiger partial charge on any atom is 0.269 e. The van der Waals surface area contributed by atoms with Crippen LogP contribution in [-0.4, -0.2) is 38.7 Å². The third-order valence-corrected chi connectivity index (χ3v) is 5.28. The van der Waals surface area contributed by atoms with E-state index in [1.807, 2.05) is 0 Å². The van der Waals surface area contributed by atoms with Crippen molar-refractivity contribution in [2.75, 3.05) is 11.1 Å². The Bertz CT molecular complexity index is 821. The summed E-state index contributed by atoms with van der Waals surface area (Å²) in [5.74, 6) is -0.902. The molecule has 0 atom stereocenters. The third-order valence-electron chi connectivity index (χ3n) is 3.29. The Kier molecular flexibility index (Phi) is 5.63. The predicted molar refractivity (Wildman–Crippen MR) is 96.0 cm³/mol. The van der Waals surface area contributed by atoms with Gasteiger partial charge in [0.25, 0.3) is 11.6 Å². The molecule has 0 bridgehead atoms. The molecular formula is C14H14N6O4S2. The first-order chi connectivity index (χ1) is 12.5. The van der Waals surface area contributed by atoms with E-state index in [1.165, 1.54) is 47.4 Å². The summed E-state index contributed by atoms with van der Waals surface area (Å²) in [5, 5.41) is 22.5. The number of nitrogens with one attached hydrogen (secondary N) is 3. The molecule has 0 unspecified atom stereocenters. The number of rotatable bonds is 7. The number of amides is 2. The largest absolute Gasteiger partial charge is 0.357 e. The van der Waals surface area contributed by atoms with Gasteiger partial charge < -0.3 is 5.32 Å². The summed E-state index contributed by atoms with van der Waals surface area (Å²) >= 11 is 2.59. The molecular weight excluding hydrogens is 380 g/mol. The van der Waals surface area contributed by atoms with Crippen molar-refractivity contribution in [1.29, 1.82) is 0 Å². The highest BCUT2D eigenvalue weighted by Crippen LogP contribution is 2.29. The van der Waals surface area contributed by atoms with E-state index in [-0.39, 0.29) is 17.0 Å². The molecule has 3 rings (SSSR count). The zero-order valence-corrected chi connectivity index (χ0v) is 14.9. The summed E-state index contributed by atoms with van der Waals surface area (Å²) in [6, 6.07) is 5.54. The highest BCUT2D eigenvalue weighted by Gasteiger charge is 2.22. The number of non-ortho nitro benzene ring substituents is 1. The van der Waals surface area contributed by atoms with Crippen LogP contribution >= 0.6 is 23.1 Å². The smallest absolute Gasteiger partial charge is 0.269 e. The van der Waals surface area contributed by atoms with Gasteiger partial charge in [0.1, 0.15) is 0 Å². The Morgan fingerprint density at radius 2 is 1.96 bits per heavy atom. The number of anilines is 1. The summed E-state index contributed by atoms with van der Waals surface area (Å²) < 4.78 is 0.657. The van der Waals surface area contributed by atoms with Crippen molar-refractivity contribution in [3.05, 3.63) is 39.9 Å². The number of thioether (sulfide) groups is 1. The molecule has 2 aromatic rings. The molecule has 0 saturated heterocycles. The molecule has 136 valence electrons. The maximum atomic E-state index is 11.9. The van der Waals surface area contributed by atoms with E-state index < -0.39 is 16.7 Å². The van der Waals surface area contributed by atoms with E-state index in [4.69, 9.17) is 0 Å². The fourth-order valence-electron chi connectivity index (χ4n) is 1.83. The van der Waals surface area contributed by atoms with Gasteiger partial charge >= 0.3 is 0 Å². The minimum absolute atomic E-state index is 0.0681. The van der Waals surface area contributed by atoms with Crippen LogP contribution in [0.3, 0.4) is 0 Å². The van der Waals surface area contributed by atoms with Crippen molar-refractivity contribution in [2.24, 2.45) is 0 Å². The molecule has 3 N–H and O–H groups in total. The van der Waals surface area contributed by atoms with E-state index in [2.05, 4.69) is 26.4 Å².